The number of rotatable bonds is 7. The molecule has 0 aliphatic carbocycles. The van der Waals surface area contributed by atoms with Crippen LogP contribution < -0.4 is 5.43 Å². The van der Waals surface area contributed by atoms with Crippen LogP contribution in [0.5, 0.6) is 0 Å². The number of amides is 1. The van der Waals surface area contributed by atoms with E-state index in [1.165, 1.54) is 11.8 Å². The lowest BCUT2D eigenvalue weighted by molar-refractivity contribution is -0.118. The van der Waals surface area contributed by atoms with E-state index in [0.717, 1.165) is 43.8 Å². The maximum atomic E-state index is 12.7. The number of hydrogen-bond donors (Lipinski definition) is 1. The lowest BCUT2D eigenvalue weighted by atomic mass is 10.0. The van der Waals surface area contributed by atoms with Gasteiger partial charge in [-0.15, -0.1) is 0 Å². The van der Waals surface area contributed by atoms with Gasteiger partial charge in [0.25, 0.3) is 5.91 Å². The molecule has 1 N–H and O–H groups in total. The molecule has 5 rings (SSSR count). The van der Waals surface area contributed by atoms with Gasteiger partial charge in [-0.25, -0.2) is 10.4 Å². The van der Waals surface area contributed by atoms with E-state index < -0.39 is 0 Å². The lowest BCUT2D eigenvalue weighted by Gasteiger charge is -2.10. The number of halogens is 1. The standard InChI is InChI=1S/C28H23ClN4OS/c1-19(22-13-8-11-20-9-2-4-12-23(20)22)31-32-27(34)18-35-28-30-25-15-6-7-16-26(25)33(28)17-21-10-3-5-14-24(21)29/h2-16H,17-18H2,1H3,(H,32,34)/b31-19-. The van der Waals surface area contributed by atoms with Gasteiger partial charge in [0.1, 0.15) is 0 Å². The molecular weight excluding hydrogens is 476 g/mol. The number of imidazole rings is 1. The zero-order chi connectivity index (χ0) is 24.2. The Bertz CT molecular complexity index is 1550. The number of carbonyl (C=O) groups excluding carboxylic acids is 1. The molecule has 1 amide bonds. The Kier molecular flexibility index (Phi) is 6.84. The van der Waals surface area contributed by atoms with Crippen molar-refractivity contribution in [1.82, 2.24) is 15.0 Å². The minimum Gasteiger partial charge on any atom is -0.314 e. The average Bonchev–Trinajstić information content (AvgIpc) is 3.24. The maximum Gasteiger partial charge on any atom is 0.250 e. The molecular formula is C28H23ClN4OS. The number of carbonyl (C=O) groups is 1. The third-order valence-electron chi connectivity index (χ3n) is 5.77. The quantitative estimate of drug-likeness (QED) is 0.158. The fourth-order valence-corrected chi connectivity index (χ4v) is 5.02. The molecule has 0 saturated carbocycles. The summed E-state index contributed by atoms with van der Waals surface area (Å²) in [5.41, 5.74) is 7.33. The second-order valence-corrected chi connectivity index (χ2v) is 9.46. The number of fused-ring (bicyclic) bond motifs is 2. The molecule has 0 fully saturated rings. The summed E-state index contributed by atoms with van der Waals surface area (Å²) in [4.78, 5) is 17.4. The fraction of sp³-hybridized carbons (Fsp3) is 0.107. The van der Waals surface area contributed by atoms with Crippen LogP contribution >= 0.6 is 23.4 Å². The molecule has 4 aromatic carbocycles. The molecule has 7 heteroatoms. The Morgan fingerprint density at radius 1 is 0.971 bits per heavy atom. The highest BCUT2D eigenvalue weighted by atomic mass is 35.5. The van der Waals surface area contributed by atoms with Crippen LogP contribution in [-0.2, 0) is 11.3 Å². The number of benzene rings is 4. The van der Waals surface area contributed by atoms with Crippen molar-refractivity contribution < 1.29 is 4.79 Å². The molecule has 174 valence electrons. The van der Waals surface area contributed by atoms with E-state index in [1.807, 2.05) is 79.7 Å². The van der Waals surface area contributed by atoms with Crippen LogP contribution in [0, 0.1) is 0 Å². The molecule has 0 atom stereocenters. The highest BCUT2D eigenvalue weighted by Gasteiger charge is 2.14. The number of hydrazone groups is 1. The van der Waals surface area contributed by atoms with Crippen molar-refractivity contribution in [2.45, 2.75) is 18.6 Å². The monoisotopic (exact) mass is 498 g/mol. The second kappa shape index (κ2) is 10.3. The number of thioether (sulfide) groups is 1. The van der Waals surface area contributed by atoms with Crippen molar-refractivity contribution in [3.8, 4) is 0 Å². The van der Waals surface area contributed by atoms with Gasteiger partial charge in [0, 0.05) is 10.6 Å². The lowest BCUT2D eigenvalue weighted by Crippen LogP contribution is -2.21. The van der Waals surface area contributed by atoms with Gasteiger partial charge >= 0.3 is 0 Å². The highest BCUT2D eigenvalue weighted by Crippen LogP contribution is 2.27. The van der Waals surface area contributed by atoms with E-state index >= 15 is 0 Å². The molecule has 0 saturated heterocycles. The van der Waals surface area contributed by atoms with Crippen LogP contribution in [0.4, 0.5) is 0 Å². The zero-order valence-electron chi connectivity index (χ0n) is 19.1. The van der Waals surface area contributed by atoms with Crippen LogP contribution in [0.25, 0.3) is 21.8 Å². The van der Waals surface area contributed by atoms with Crippen LogP contribution in [0.3, 0.4) is 0 Å². The molecule has 0 aliphatic heterocycles. The maximum absolute atomic E-state index is 12.7. The molecule has 1 aromatic heterocycles. The number of hydrogen-bond acceptors (Lipinski definition) is 4. The Morgan fingerprint density at radius 3 is 2.60 bits per heavy atom. The molecule has 0 spiro atoms. The smallest absolute Gasteiger partial charge is 0.250 e. The van der Waals surface area contributed by atoms with E-state index in [2.05, 4.69) is 33.3 Å². The van der Waals surface area contributed by atoms with E-state index in [9.17, 15) is 4.79 Å². The Hall–Kier alpha value is -3.61. The van der Waals surface area contributed by atoms with Crippen LogP contribution in [0.1, 0.15) is 18.1 Å². The van der Waals surface area contributed by atoms with E-state index in [-0.39, 0.29) is 11.7 Å². The van der Waals surface area contributed by atoms with Crippen molar-refractivity contribution in [2.24, 2.45) is 5.10 Å². The van der Waals surface area contributed by atoms with Gasteiger partial charge in [-0.2, -0.15) is 5.10 Å². The number of nitrogens with zero attached hydrogens (tertiary/aromatic N) is 3. The summed E-state index contributed by atoms with van der Waals surface area (Å²) < 4.78 is 2.10. The van der Waals surface area contributed by atoms with E-state index in [4.69, 9.17) is 16.6 Å². The minimum absolute atomic E-state index is 0.189. The van der Waals surface area contributed by atoms with Gasteiger partial charge < -0.3 is 4.57 Å². The van der Waals surface area contributed by atoms with Crippen LogP contribution in [-0.4, -0.2) is 26.9 Å². The van der Waals surface area contributed by atoms with Gasteiger partial charge in [0.05, 0.1) is 29.0 Å². The van der Waals surface area contributed by atoms with Crippen molar-refractivity contribution in [1.29, 1.82) is 0 Å². The Morgan fingerprint density at radius 2 is 1.71 bits per heavy atom. The summed E-state index contributed by atoms with van der Waals surface area (Å²) in [7, 11) is 0. The first-order valence-corrected chi connectivity index (χ1v) is 12.6. The van der Waals surface area contributed by atoms with Gasteiger partial charge in [0.2, 0.25) is 0 Å². The molecule has 0 bridgehead atoms. The SMILES string of the molecule is C/C(=N/NC(=O)CSc1nc2ccccc2n1Cc1ccccc1Cl)c1cccc2ccccc12. The van der Waals surface area contributed by atoms with Crippen LogP contribution in [0.15, 0.2) is 101 Å². The zero-order valence-corrected chi connectivity index (χ0v) is 20.7. The predicted molar refractivity (Wildman–Crippen MR) is 145 cm³/mol. The Balaban J connectivity index is 1.32. The van der Waals surface area contributed by atoms with E-state index in [1.54, 1.807) is 0 Å². The molecule has 1 heterocycles. The Labute approximate surface area is 212 Å². The van der Waals surface area contributed by atoms with Crippen molar-refractivity contribution >= 4 is 56.8 Å². The summed E-state index contributed by atoms with van der Waals surface area (Å²) in [5, 5.41) is 8.07. The topological polar surface area (TPSA) is 59.3 Å². The molecule has 5 nitrogen and oxygen atoms in total. The largest absolute Gasteiger partial charge is 0.314 e. The number of para-hydroxylation sites is 2. The molecule has 5 aromatic rings. The fourth-order valence-electron chi connectivity index (χ4n) is 4.02. The predicted octanol–water partition coefficient (Wildman–Crippen LogP) is 6.52. The third kappa shape index (κ3) is 5.09. The van der Waals surface area contributed by atoms with E-state index in [0.29, 0.717) is 11.6 Å². The van der Waals surface area contributed by atoms with Gasteiger partial charge in [-0.1, -0.05) is 96.2 Å². The van der Waals surface area contributed by atoms with Crippen molar-refractivity contribution in [2.75, 3.05) is 5.75 Å². The van der Waals surface area contributed by atoms with Crippen molar-refractivity contribution in [3.63, 3.8) is 0 Å². The third-order valence-corrected chi connectivity index (χ3v) is 7.11. The molecule has 0 aliphatic rings. The summed E-state index contributed by atoms with van der Waals surface area (Å²) in [6.07, 6.45) is 0. The number of aromatic nitrogens is 2. The average molecular weight is 499 g/mol. The summed E-state index contributed by atoms with van der Waals surface area (Å²) in [6.45, 7) is 2.47. The molecule has 0 radical (unpaired) electrons. The van der Waals surface area contributed by atoms with Crippen LogP contribution in [0.2, 0.25) is 5.02 Å². The minimum atomic E-state index is -0.189. The number of nitrogens with one attached hydrogen (secondary N) is 1. The first-order chi connectivity index (χ1) is 17.1. The molecule has 35 heavy (non-hydrogen) atoms. The van der Waals surface area contributed by atoms with Gasteiger partial charge in [-0.05, 0) is 41.5 Å². The molecule has 0 unspecified atom stereocenters. The highest BCUT2D eigenvalue weighted by molar-refractivity contribution is 7.99. The normalized spacial score (nSPS) is 11.8. The van der Waals surface area contributed by atoms with Gasteiger partial charge in [-0.3, -0.25) is 4.79 Å². The first kappa shape index (κ1) is 23.1. The van der Waals surface area contributed by atoms with Crippen molar-refractivity contribution in [3.05, 3.63) is 107 Å². The first-order valence-electron chi connectivity index (χ1n) is 11.2. The summed E-state index contributed by atoms with van der Waals surface area (Å²) in [5.74, 6) is 0.00367. The van der Waals surface area contributed by atoms with Gasteiger partial charge in [0.15, 0.2) is 5.16 Å². The summed E-state index contributed by atoms with van der Waals surface area (Å²) in [6, 6.07) is 29.9. The second-order valence-electron chi connectivity index (χ2n) is 8.11. The summed E-state index contributed by atoms with van der Waals surface area (Å²) >= 11 is 7.79.